The van der Waals surface area contributed by atoms with E-state index in [1.807, 2.05) is 0 Å². The van der Waals surface area contributed by atoms with Crippen LogP contribution in [0.25, 0.3) is 0 Å². The van der Waals surface area contributed by atoms with Crippen molar-refractivity contribution in [1.29, 1.82) is 0 Å². The highest BCUT2D eigenvalue weighted by atomic mass is 16.3. The molecule has 0 saturated heterocycles. The molecule has 1 atom stereocenters. The van der Waals surface area contributed by atoms with Gasteiger partial charge in [-0.25, -0.2) is 0 Å². The van der Waals surface area contributed by atoms with E-state index in [4.69, 9.17) is 0 Å². The van der Waals surface area contributed by atoms with Crippen molar-refractivity contribution >= 4 is 0 Å². The molecule has 1 fully saturated rings. The summed E-state index contributed by atoms with van der Waals surface area (Å²) in [6.45, 7) is 3.16. The molecule has 0 aliphatic heterocycles. The lowest BCUT2D eigenvalue weighted by molar-refractivity contribution is -0.0485. The summed E-state index contributed by atoms with van der Waals surface area (Å²) in [5, 5.41) is 11.5. The molecule has 1 aliphatic rings. The zero-order chi connectivity index (χ0) is 15.3. The third kappa shape index (κ3) is 4.31. The second-order valence-electron chi connectivity index (χ2n) is 7.04. The smallest absolute Gasteiger partial charge is 0.0925 e. The lowest BCUT2D eigenvalue weighted by atomic mass is 9.71. The summed E-state index contributed by atoms with van der Waals surface area (Å²) in [6.07, 6.45) is 8.14. The Morgan fingerprint density at radius 3 is 2.52 bits per heavy atom. The predicted molar refractivity (Wildman–Crippen MR) is 89.4 cm³/mol. The standard InChI is InChI=1S/C19H31NO/c1-16-9-7-12-18(15-16)19(21,13-8-14-20(2)3)17-10-5-4-6-11-17/h7,9,12,15,17,21H,4-6,8,10-11,13-14H2,1-3H3. The van der Waals surface area contributed by atoms with E-state index in [0.717, 1.165) is 24.9 Å². The zero-order valence-electron chi connectivity index (χ0n) is 13.9. The molecule has 2 rings (SSSR count). The summed E-state index contributed by atoms with van der Waals surface area (Å²) < 4.78 is 0. The van der Waals surface area contributed by atoms with E-state index in [0.29, 0.717) is 5.92 Å². The molecule has 0 radical (unpaired) electrons. The second kappa shape index (κ2) is 7.42. The van der Waals surface area contributed by atoms with E-state index in [1.165, 1.54) is 37.7 Å². The van der Waals surface area contributed by atoms with Gasteiger partial charge in [0.25, 0.3) is 0 Å². The molecule has 1 N–H and O–H groups in total. The van der Waals surface area contributed by atoms with Crippen molar-refractivity contribution in [1.82, 2.24) is 4.90 Å². The van der Waals surface area contributed by atoms with E-state index in [2.05, 4.69) is 50.2 Å². The minimum absolute atomic E-state index is 0.426. The number of nitrogens with zero attached hydrogens (tertiary/aromatic N) is 1. The van der Waals surface area contributed by atoms with Gasteiger partial charge in [0.15, 0.2) is 0 Å². The summed E-state index contributed by atoms with van der Waals surface area (Å²) in [4.78, 5) is 2.21. The van der Waals surface area contributed by atoms with Crippen molar-refractivity contribution in [2.45, 2.75) is 57.5 Å². The Morgan fingerprint density at radius 1 is 1.19 bits per heavy atom. The summed E-state index contributed by atoms with van der Waals surface area (Å²) in [7, 11) is 4.21. The van der Waals surface area contributed by atoms with Gasteiger partial charge >= 0.3 is 0 Å². The van der Waals surface area contributed by atoms with E-state index < -0.39 is 5.60 Å². The van der Waals surface area contributed by atoms with Crippen molar-refractivity contribution in [3.05, 3.63) is 35.4 Å². The molecule has 1 unspecified atom stereocenters. The van der Waals surface area contributed by atoms with E-state index >= 15 is 0 Å². The van der Waals surface area contributed by atoms with Crippen LogP contribution >= 0.6 is 0 Å². The van der Waals surface area contributed by atoms with Crippen LogP contribution in [0.1, 0.15) is 56.1 Å². The second-order valence-corrected chi connectivity index (χ2v) is 7.04. The van der Waals surface area contributed by atoms with Gasteiger partial charge in [-0.1, -0.05) is 49.1 Å². The number of aliphatic hydroxyl groups is 1. The lowest BCUT2D eigenvalue weighted by Gasteiger charge is -2.39. The predicted octanol–water partition coefficient (Wildman–Crippen LogP) is 4.10. The van der Waals surface area contributed by atoms with Crippen molar-refractivity contribution in [2.75, 3.05) is 20.6 Å². The summed E-state index contributed by atoms with van der Waals surface area (Å²) in [6, 6.07) is 8.51. The fourth-order valence-corrected chi connectivity index (χ4v) is 3.74. The van der Waals surface area contributed by atoms with Crippen LogP contribution < -0.4 is 0 Å². The maximum atomic E-state index is 11.5. The molecular formula is C19H31NO. The Kier molecular flexibility index (Phi) is 5.83. The first-order chi connectivity index (χ1) is 10.0. The lowest BCUT2D eigenvalue weighted by Crippen LogP contribution is -2.37. The van der Waals surface area contributed by atoms with Gasteiger partial charge in [-0.15, -0.1) is 0 Å². The summed E-state index contributed by atoms with van der Waals surface area (Å²) in [5.74, 6) is 0.426. The van der Waals surface area contributed by atoms with Gasteiger partial charge in [0.1, 0.15) is 0 Å². The minimum atomic E-state index is -0.636. The number of rotatable bonds is 6. The molecule has 21 heavy (non-hydrogen) atoms. The largest absolute Gasteiger partial charge is 0.385 e. The molecule has 1 saturated carbocycles. The Bertz CT molecular complexity index is 437. The minimum Gasteiger partial charge on any atom is -0.385 e. The normalized spacial score (nSPS) is 19.7. The fourth-order valence-electron chi connectivity index (χ4n) is 3.74. The zero-order valence-corrected chi connectivity index (χ0v) is 13.9. The first-order valence-corrected chi connectivity index (χ1v) is 8.46. The molecule has 0 spiro atoms. The highest BCUT2D eigenvalue weighted by Crippen LogP contribution is 2.42. The van der Waals surface area contributed by atoms with E-state index in [1.54, 1.807) is 0 Å². The Balaban J connectivity index is 2.19. The van der Waals surface area contributed by atoms with Crippen LogP contribution in [-0.4, -0.2) is 30.6 Å². The highest BCUT2D eigenvalue weighted by molar-refractivity contribution is 5.28. The molecule has 0 aromatic heterocycles. The summed E-state index contributed by atoms with van der Waals surface area (Å²) >= 11 is 0. The first-order valence-electron chi connectivity index (χ1n) is 8.46. The maximum absolute atomic E-state index is 11.5. The number of hydrogen-bond acceptors (Lipinski definition) is 2. The molecule has 0 heterocycles. The van der Waals surface area contributed by atoms with E-state index in [-0.39, 0.29) is 0 Å². The quantitative estimate of drug-likeness (QED) is 0.852. The molecule has 0 bridgehead atoms. The van der Waals surface area contributed by atoms with Gasteiger partial charge in [0.2, 0.25) is 0 Å². The van der Waals surface area contributed by atoms with E-state index in [9.17, 15) is 5.11 Å². The van der Waals surface area contributed by atoms with Crippen molar-refractivity contribution in [2.24, 2.45) is 5.92 Å². The molecule has 0 amide bonds. The van der Waals surface area contributed by atoms with Gasteiger partial charge in [0.05, 0.1) is 5.60 Å². The van der Waals surface area contributed by atoms with Crippen molar-refractivity contribution < 1.29 is 5.11 Å². The van der Waals surface area contributed by atoms with Crippen molar-refractivity contribution in [3.63, 3.8) is 0 Å². The number of aryl methyl sites for hydroxylation is 1. The Morgan fingerprint density at radius 2 is 1.90 bits per heavy atom. The molecule has 2 nitrogen and oxygen atoms in total. The topological polar surface area (TPSA) is 23.5 Å². The van der Waals surface area contributed by atoms with Crippen LogP contribution in [0, 0.1) is 12.8 Å². The van der Waals surface area contributed by atoms with Crippen LogP contribution in [0.4, 0.5) is 0 Å². The number of benzene rings is 1. The highest BCUT2D eigenvalue weighted by Gasteiger charge is 2.38. The van der Waals surface area contributed by atoms with Crippen LogP contribution in [0.5, 0.6) is 0 Å². The van der Waals surface area contributed by atoms with Crippen LogP contribution in [0.3, 0.4) is 0 Å². The third-order valence-electron chi connectivity index (χ3n) is 4.96. The summed E-state index contributed by atoms with van der Waals surface area (Å²) in [5.41, 5.74) is 1.74. The Labute approximate surface area is 130 Å². The van der Waals surface area contributed by atoms with Crippen LogP contribution in [-0.2, 0) is 5.60 Å². The van der Waals surface area contributed by atoms with Crippen LogP contribution in [0.2, 0.25) is 0 Å². The fraction of sp³-hybridized carbons (Fsp3) is 0.684. The van der Waals surface area contributed by atoms with Gasteiger partial charge < -0.3 is 10.0 Å². The monoisotopic (exact) mass is 289 g/mol. The molecule has 1 aromatic carbocycles. The SMILES string of the molecule is Cc1cccc(C(O)(CCCN(C)C)C2CCCCC2)c1. The van der Waals surface area contributed by atoms with Gasteiger partial charge in [0, 0.05) is 0 Å². The molecule has 118 valence electrons. The van der Waals surface area contributed by atoms with Gasteiger partial charge in [-0.2, -0.15) is 0 Å². The first kappa shape index (κ1) is 16.5. The van der Waals surface area contributed by atoms with Crippen LogP contribution in [0.15, 0.2) is 24.3 Å². The number of hydrogen-bond donors (Lipinski definition) is 1. The van der Waals surface area contributed by atoms with Gasteiger partial charge in [-0.05, 0) is 64.7 Å². The Hall–Kier alpha value is -0.860. The third-order valence-corrected chi connectivity index (χ3v) is 4.96. The average Bonchev–Trinajstić information content (AvgIpc) is 2.47. The molecule has 2 heteroatoms. The average molecular weight is 289 g/mol. The maximum Gasteiger partial charge on any atom is 0.0925 e. The van der Waals surface area contributed by atoms with Gasteiger partial charge in [-0.3, -0.25) is 0 Å². The molecule has 1 aliphatic carbocycles. The van der Waals surface area contributed by atoms with Crippen molar-refractivity contribution in [3.8, 4) is 0 Å². The molecular weight excluding hydrogens is 258 g/mol. The molecule has 1 aromatic rings.